The third-order valence-corrected chi connectivity index (χ3v) is 3.63. The van der Waals surface area contributed by atoms with Crippen LogP contribution in [0.2, 0.25) is 0 Å². The van der Waals surface area contributed by atoms with Gasteiger partial charge < -0.3 is 15.2 Å². The molecule has 96 valence electrons. The van der Waals surface area contributed by atoms with Gasteiger partial charge in [0.25, 0.3) is 5.91 Å². The Morgan fingerprint density at radius 2 is 2.35 bits per heavy atom. The van der Waals surface area contributed by atoms with E-state index in [2.05, 4.69) is 20.9 Å². The maximum absolute atomic E-state index is 12.2. The molecule has 1 atom stereocenters. The van der Waals surface area contributed by atoms with Crippen LogP contribution in [0.5, 0.6) is 0 Å². The van der Waals surface area contributed by atoms with Gasteiger partial charge in [-0.05, 0) is 28.8 Å². The van der Waals surface area contributed by atoms with E-state index < -0.39 is 0 Å². The first-order chi connectivity index (χ1) is 7.59. The number of likely N-dealkylation sites (tertiary alicyclic amines) is 1. The third-order valence-electron chi connectivity index (χ3n) is 2.90. The van der Waals surface area contributed by atoms with Gasteiger partial charge in [-0.2, -0.15) is 0 Å². The molecule has 0 bridgehead atoms. The lowest BCUT2D eigenvalue weighted by Crippen LogP contribution is -2.46. The number of carbonyl (C=O) groups is 1. The van der Waals surface area contributed by atoms with Gasteiger partial charge in [-0.1, -0.05) is 0 Å². The summed E-state index contributed by atoms with van der Waals surface area (Å²) in [7, 11) is 1.81. The Morgan fingerprint density at radius 3 is 2.88 bits per heavy atom. The fraction of sp³-hybridized carbons (Fsp3) is 0.600. The van der Waals surface area contributed by atoms with E-state index in [0.717, 1.165) is 19.4 Å². The first kappa shape index (κ1) is 14.5. The van der Waals surface area contributed by atoms with Gasteiger partial charge in [0.2, 0.25) is 0 Å². The molecule has 0 radical (unpaired) electrons. The molecule has 0 aromatic carbocycles. The van der Waals surface area contributed by atoms with Crippen molar-refractivity contribution in [3.8, 4) is 0 Å². The lowest BCUT2D eigenvalue weighted by atomic mass is 10.1. The highest BCUT2D eigenvalue weighted by Gasteiger charge is 2.24. The number of amides is 1. The summed E-state index contributed by atoms with van der Waals surface area (Å²) in [5, 5.41) is 0. The van der Waals surface area contributed by atoms with Crippen LogP contribution in [0.25, 0.3) is 0 Å². The quantitative estimate of drug-likeness (QED) is 0.844. The molecule has 17 heavy (non-hydrogen) atoms. The highest BCUT2D eigenvalue weighted by atomic mass is 79.9. The van der Waals surface area contributed by atoms with Crippen LogP contribution in [0, 0.1) is 0 Å². The van der Waals surface area contributed by atoms with Crippen molar-refractivity contribution in [2.45, 2.75) is 18.9 Å². The first-order valence-electron chi connectivity index (χ1n) is 5.31. The van der Waals surface area contributed by atoms with Gasteiger partial charge in [0.15, 0.2) is 4.73 Å². The van der Waals surface area contributed by atoms with Crippen LogP contribution in [-0.4, -0.2) is 39.5 Å². The average molecular weight is 324 g/mol. The second-order valence-electron chi connectivity index (χ2n) is 4.12. The van der Waals surface area contributed by atoms with Crippen LogP contribution in [0.15, 0.2) is 10.9 Å². The number of hydrogen-bond acceptors (Lipinski definition) is 3. The predicted octanol–water partition coefficient (Wildman–Crippen LogP) is 1.17. The Morgan fingerprint density at radius 1 is 1.65 bits per heavy atom. The Labute approximate surface area is 115 Å². The van der Waals surface area contributed by atoms with Crippen LogP contribution in [-0.2, 0) is 7.05 Å². The lowest BCUT2D eigenvalue weighted by Gasteiger charge is -2.30. The molecule has 1 amide bonds. The minimum absolute atomic E-state index is 0. The largest absolute Gasteiger partial charge is 0.336 e. The van der Waals surface area contributed by atoms with Crippen molar-refractivity contribution < 1.29 is 4.79 Å². The molecule has 1 aliphatic rings. The molecule has 1 fully saturated rings. The standard InChI is InChI=1S/C10H15BrN4O.ClH/c1-14-8(5-13-10(14)11)9(16)15-4-2-3-7(12)6-15;/h5,7H,2-4,6,12H2,1H3;1H. The average Bonchev–Trinajstić information content (AvgIpc) is 2.59. The van der Waals surface area contributed by atoms with Crippen molar-refractivity contribution in [2.24, 2.45) is 12.8 Å². The Bertz CT molecular complexity index is 409. The normalized spacial score (nSPS) is 19.9. The van der Waals surface area contributed by atoms with Crippen LogP contribution < -0.4 is 5.73 Å². The summed E-state index contributed by atoms with van der Waals surface area (Å²) in [6, 6.07) is 0.106. The van der Waals surface area contributed by atoms with Crippen molar-refractivity contribution in [1.82, 2.24) is 14.5 Å². The van der Waals surface area contributed by atoms with E-state index in [1.165, 1.54) is 0 Å². The Balaban J connectivity index is 0.00000144. The zero-order valence-corrected chi connectivity index (χ0v) is 12.0. The summed E-state index contributed by atoms with van der Waals surface area (Å²) in [4.78, 5) is 18.0. The number of rotatable bonds is 1. The van der Waals surface area contributed by atoms with E-state index in [1.54, 1.807) is 15.7 Å². The molecule has 0 aliphatic carbocycles. The Hall–Kier alpha value is -0.590. The maximum Gasteiger partial charge on any atom is 0.272 e. The molecular formula is C10H16BrClN4O. The molecule has 0 spiro atoms. The monoisotopic (exact) mass is 322 g/mol. The molecule has 0 saturated carbocycles. The summed E-state index contributed by atoms with van der Waals surface area (Å²) in [5.74, 6) is 0.0100. The smallest absolute Gasteiger partial charge is 0.272 e. The van der Waals surface area contributed by atoms with E-state index in [-0.39, 0.29) is 24.4 Å². The fourth-order valence-electron chi connectivity index (χ4n) is 1.94. The van der Waals surface area contributed by atoms with E-state index >= 15 is 0 Å². The van der Waals surface area contributed by atoms with E-state index in [1.807, 2.05) is 7.05 Å². The van der Waals surface area contributed by atoms with Crippen LogP contribution >= 0.6 is 28.3 Å². The Kier molecular flexibility index (Phi) is 4.97. The lowest BCUT2D eigenvalue weighted by molar-refractivity contribution is 0.0699. The van der Waals surface area contributed by atoms with Gasteiger partial charge >= 0.3 is 0 Å². The number of hydrogen-bond donors (Lipinski definition) is 1. The predicted molar refractivity (Wildman–Crippen MR) is 71.3 cm³/mol. The number of aromatic nitrogens is 2. The van der Waals surface area contributed by atoms with Crippen molar-refractivity contribution in [3.05, 3.63) is 16.6 Å². The number of piperidine rings is 1. The minimum atomic E-state index is 0. The maximum atomic E-state index is 12.2. The molecular weight excluding hydrogens is 307 g/mol. The van der Waals surface area contributed by atoms with Gasteiger partial charge in [-0.3, -0.25) is 4.79 Å². The van der Waals surface area contributed by atoms with Crippen LogP contribution in [0.3, 0.4) is 0 Å². The topological polar surface area (TPSA) is 64.2 Å². The molecule has 1 saturated heterocycles. The molecule has 1 aromatic heterocycles. The van der Waals surface area contributed by atoms with Gasteiger partial charge in [-0.25, -0.2) is 4.98 Å². The first-order valence-corrected chi connectivity index (χ1v) is 6.11. The second-order valence-corrected chi connectivity index (χ2v) is 4.83. The second kappa shape index (κ2) is 5.84. The molecule has 1 aromatic rings. The molecule has 2 N–H and O–H groups in total. The minimum Gasteiger partial charge on any atom is -0.336 e. The van der Waals surface area contributed by atoms with E-state index in [4.69, 9.17) is 5.73 Å². The molecule has 1 aliphatic heterocycles. The molecule has 1 unspecified atom stereocenters. The van der Waals surface area contributed by atoms with Gasteiger partial charge in [-0.15, -0.1) is 12.4 Å². The van der Waals surface area contributed by atoms with Gasteiger partial charge in [0.1, 0.15) is 5.69 Å². The molecule has 2 rings (SSSR count). The number of halogens is 2. The summed E-state index contributed by atoms with van der Waals surface area (Å²) >= 11 is 3.28. The zero-order valence-electron chi connectivity index (χ0n) is 9.60. The number of carbonyl (C=O) groups excluding carboxylic acids is 1. The highest BCUT2D eigenvalue weighted by Crippen LogP contribution is 2.15. The molecule has 5 nitrogen and oxygen atoms in total. The summed E-state index contributed by atoms with van der Waals surface area (Å²) in [6.07, 6.45) is 3.57. The number of nitrogens with zero attached hydrogens (tertiary/aromatic N) is 3. The third kappa shape index (κ3) is 3.00. The van der Waals surface area contributed by atoms with Crippen LogP contribution in [0.4, 0.5) is 0 Å². The van der Waals surface area contributed by atoms with Gasteiger partial charge in [0.05, 0.1) is 6.20 Å². The number of imidazole rings is 1. The van der Waals surface area contributed by atoms with Crippen molar-refractivity contribution in [2.75, 3.05) is 13.1 Å². The molecule has 7 heteroatoms. The van der Waals surface area contributed by atoms with Crippen molar-refractivity contribution in [1.29, 1.82) is 0 Å². The SMILES string of the molecule is Cl.Cn1c(C(=O)N2CCCC(N)C2)cnc1Br. The molecule has 2 heterocycles. The summed E-state index contributed by atoms with van der Waals surface area (Å²) in [5.41, 5.74) is 6.46. The van der Waals surface area contributed by atoms with Gasteiger partial charge in [0, 0.05) is 26.2 Å². The van der Waals surface area contributed by atoms with Crippen LogP contribution in [0.1, 0.15) is 23.3 Å². The van der Waals surface area contributed by atoms with Crippen molar-refractivity contribution in [3.63, 3.8) is 0 Å². The highest BCUT2D eigenvalue weighted by molar-refractivity contribution is 9.10. The summed E-state index contributed by atoms with van der Waals surface area (Å²) in [6.45, 7) is 1.43. The number of nitrogens with two attached hydrogens (primary N) is 1. The van der Waals surface area contributed by atoms with E-state index in [9.17, 15) is 4.79 Å². The fourth-order valence-corrected chi connectivity index (χ4v) is 2.24. The van der Waals surface area contributed by atoms with Crippen molar-refractivity contribution >= 4 is 34.2 Å². The summed E-state index contributed by atoms with van der Waals surface area (Å²) < 4.78 is 2.40. The zero-order chi connectivity index (χ0) is 11.7. The van der Waals surface area contributed by atoms with E-state index in [0.29, 0.717) is 17.0 Å².